The van der Waals surface area contributed by atoms with Gasteiger partial charge in [0.15, 0.2) is 0 Å². The highest BCUT2D eigenvalue weighted by Gasteiger charge is 2.35. The molecule has 0 bridgehead atoms. The molecule has 0 spiro atoms. The fraction of sp³-hybridized carbons (Fsp3) is 0.304. The van der Waals surface area contributed by atoms with Gasteiger partial charge in [0.05, 0.1) is 13.5 Å². The van der Waals surface area contributed by atoms with Gasteiger partial charge in [-0.3, -0.25) is 14.4 Å². The third-order valence-electron chi connectivity index (χ3n) is 5.09. The lowest BCUT2D eigenvalue weighted by Crippen LogP contribution is -2.63. The summed E-state index contributed by atoms with van der Waals surface area (Å²) in [6, 6.07) is 12.0. The van der Waals surface area contributed by atoms with Crippen LogP contribution >= 0.6 is 0 Å². The first-order chi connectivity index (χ1) is 15.4. The third kappa shape index (κ3) is 6.13. The molecule has 1 heterocycles. The van der Waals surface area contributed by atoms with E-state index in [4.69, 9.17) is 4.74 Å². The fourth-order valence-corrected chi connectivity index (χ4v) is 3.49. The summed E-state index contributed by atoms with van der Waals surface area (Å²) in [6.07, 6.45) is -0.0137. The Hall–Kier alpha value is -3.75. The summed E-state index contributed by atoms with van der Waals surface area (Å²) >= 11 is 0. The maximum absolute atomic E-state index is 13.4. The SMILES string of the molecule is COC(=O)[C@@H](Cc1cccc(F)c1)NC(=O)C[C@@H]1NC(=O)[C@H](Cc2ccccc2)NC1=O. The highest BCUT2D eigenvalue weighted by atomic mass is 19.1. The van der Waals surface area contributed by atoms with Crippen LogP contribution in [0.1, 0.15) is 17.5 Å². The van der Waals surface area contributed by atoms with Crippen LogP contribution < -0.4 is 16.0 Å². The molecular formula is C23H24FN3O5. The number of amides is 3. The molecule has 0 aliphatic carbocycles. The second-order valence-corrected chi connectivity index (χ2v) is 7.49. The fourth-order valence-electron chi connectivity index (χ4n) is 3.49. The second-order valence-electron chi connectivity index (χ2n) is 7.49. The van der Waals surface area contributed by atoms with Crippen molar-refractivity contribution < 1.29 is 28.3 Å². The van der Waals surface area contributed by atoms with Gasteiger partial charge in [-0.25, -0.2) is 9.18 Å². The predicted octanol–water partition coefficient (Wildman–Crippen LogP) is 0.642. The highest BCUT2D eigenvalue weighted by molar-refractivity contribution is 5.99. The molecule has 3 rings (SSSR count). The number of carbonyl (C=O) groups is 4. The Bertz CT molecular complexity index is 998. The molecule has 0 radical (unpaired) electrons. The van der Waals surface area contributed by atoms with Crippen LogP contribution in [-0.4, -0.2) is 48.9 Å². The van der Waals surface area contributed by atoms with Gasteiger partial charge >= 0.3 is 5.97 Å². The number of benzene rings is 2. The number of nitrogens with one attached hydrogen (secondary N) is 3. The third-order valence-corrected chi connectivity index (χ3v) is 5.09. The number of halogens is 1. The zero-order valence-corrected chi connectivity index (χ0v) is 17.5. The Morgan fingerprint density at radius 1 is 1.00 bits per heavy atom. The van der Waals surface area contributed by atoms with Crippen LogP contribution in [0.4, 0.5) is 4.39 Å². The lowest BCUT2D eigenvalue weighted by atomic mass is 10.0. The molecule has 0 aromatic heterocycles. The quantitative estimate of drug-likeness (QED) is 0.521. The summed E-state index contributed by atoms with van der Waals surface area (Å²) in [7, 11) is 1.18. The van der Waals surface area contributed by atoms with Crippen molar-refractivity contribution in [2.45, 2.75) is 37.4 Å². The van der Waals surface area contributed by atoms with Crippen molar-refractivity contribution >= 4 is 23.7 Å². The molecule has 1 fully saturated rings. The minimum atomic E-state index is -1.07. The molecular weight excluding hydrogens is 417 g/mol. The zero-order chi connectivity index (χ0) is 23.1. The number of piperazine rings is 1. The molecule has 2 aromatic rings. The number of hydrogen-bond donors (Lipinski definition) is 3. The van der Waals surface area contributed by atoms with E-state index in [2.05, 4.69) is 16.0 Å². The van der Waals surface area contributed by atoms with Crippen molar-refractivity contribution in [1.29, 1.82) is 0 Å². The number of ether oxygens (including phenoxy) is 1. The number of methoxy groups -OCH3 is 1. The van der Waals surface area contributed by atoms with Crippen LogP contribution in [0.2, 0.25) is 0 Å². The van der Waals surface area contributed by atoms with Gasteiger partial charge in [0, 0.05) is 12.8 Å². The van der Waals surface area contributed by atoms with Crippen molar-refractivity contribution in [3.05, 3.63) is 71.5 Å². The van der Waals surface area contributed by atoms with Crippen molar-refractivity contribution in [3.63, 3.8) is 0 Å². The topological polar surface area (TPSA) is 114 Å². The minimum Gasteiger partial charge on any atom is -0.467 e. The lowest BCUT2D eigenvalue weighted by Gasteiger charge is -2.29. The van der Waals surface area contributed by atoms with Crippen LogP contribution in [-0.2, 0) is 36.8 Å². The van der Waals surface area contributed by atoms with Crippen LogP contribution in [0.25, 0.3) is 0 Å². The van der Waals surface area contributed by atoms with Crippen LogP contribution in [0, 0.1) is 5.82 Å². The van der Waals surface area contributed by atoms with Crippen molar-refractivity contribution in [2.24, 2.45) is 0 Å². The molecule has 3 atom stereocenters. The van der Waals surface area contributed by atoms with Crippen LogP contribution in [0.15, 0.2) is 54.6 Å². The van der Waals surface area contributed by atoms with Gasteiger partial charge in [-0.2, -0.15) is 0 Å². The number of esters is 1. The minimum absolute atomic E-state index is 0.0124. The molecule has 0 saturated carbocycles. The van der Waals surface area contributed by atoms with Crippen LogP contribution in [0.5, 0.6) is 0 Å². The molecule has 1 aliphatic heterocycles. The van der Waals surface area contributed by atoms with E-state index in [-0.39, 0.29) is 12.8 Å². The van der Waals surface area contributed by atoms with E-state index >= 15 is 0 Å². The molecule has 9 heteroatoms. The van der Waals surface area contributed by atoms with E-state index in [0.29, 0.717) is 12.0 Å². The number of rotatable bonds is 8. The molecule has 0 unspecified atom stereocenters. The van der Waals surface area contributed by atoms with E-state index in [1.54, 1.807) is 6.07 Å². The van der Waals surface area contributed by atoms with E-state index in [1.165, 1.54) is 25.3 Å². The van der Waals surface area contributed by atoms with E-state index in [0.717, 1.165) is 5.56 Å². The summed E-state index contributed by atoms with van der Waals surface area (Å²) in [5, 5.41) is 7.70. The van der Waals surface area contributed by atoms with Crippen molar-refractivity contribution in [3.8, 4) is 0 Å². The first-order valence-electron chi connectivity index (χ1n) is 10.1. The number of carbonyl (C=O) groups excluding carboxylic acids is 4. The second kappa shape index (κ2) is 10.5. The summed E-state index contributed by atoms with van der Waals surface area (Å²) in [5.41, 5.74) is 1.38. The first-order valence-corrected chi connectivity index (χ1v) is 10.1. The van der Waals surface area contributed by atoms with Gasteiger partial charge in [0.1, 0.15) is 23.9 Å². The maximum Gasteiger partial charge on any atom is 0.328 e. The standard InChI is InChI=1S/C23H24FN3O5/c1-32-23(31)19(12-15-8-5-9-16(24)10-15)25-20(28)13-18-22(30)26-17(21(29)27-18)11-14-6-3-2-4-7-14/h2-10,17-19H,11-13H2,1H3,(H,25,28)(H,26,30)(H,27,29)/t17-,18-,19+/m0/s1. The summed E-state index contributed by atoms with van der Waals surface area (Å²) in [4.78, 5) is 49.4. The molecule has 2 aromatic carbocycles. The summed E-state index contributed by atoms with van der Waals surface area (Å²) in [6.45, 7) is 0. The Balaban J connectivity index is 1.58. The Labute approximate surface area is 184 Å². The molecule has 3 N–H and O–H groups in total. The van der Waals surface area contributed by atoms with Gasteiger partial charge < -0.3 is 20.7 Å². The van der Waals surface area contributed by atoms with Crippen molar-refractivity contribution in [2.75, 3.05) is 7.11 Å². The molecule has 1 aliphatic rings. The largest absolute Gasteiger partial charge is 0.467 e. The van der Waals surface area contributed by atoms with Gasteiger partial charge in [0.25, 0.3) is 0 Å². The van der Waals surface area contributed by atoms with Crippen molar-refractivity contribution in [1.82, 2.24) is 16.0 Å². The highest BCUT2D eigenvalue weighted by Crippen LogP contribution is 2.10. The van der Waals surface area contributed by atoms with E-state index < -0.39 is 47.6 Å². The maximum atomic E-state index is 13.4. The predicted molar refractivity (Wildman–Crippen MR) is 113 cm³/mol. The number of hydrogen-bond acceptors (Lipinski definition) is 5. The zero-order valence-electron chi connectivity index (χ0n) is 17.5. The average molecular weight is 441 g/mol. The summed E-state index contributed by atoms with van der Waals surface area (Å²) in [5.74, 6) is -2.68. The lowest BCUT2D eigenvalue weighted by molar-refractivity contribution is -0.145. The Kier molecular flexibility index (Phi) is 7.54. The van der Waals surface area contributed by atoms with Gasteiger partial charge in [-0.05, 0) is 23.3 Å². The molecule has 8 nitrogen and oxygen atoms in total. The molecule has 3 amide bonds. The van der Waals surface area contributed by atoms with E-state index in [1.807, 2.05) is 30.3 Å². The first kappa shape index (κ1) is 22.9. The summed E-state index contributed by atoms with van der Waals surface area (Å²) < 4.78 is 18.2. The smallest absolute Gasteiger partial charge is 0.328 e. The van der Waals surface area contributed by atoms with E-state index in [9.17, 15) is 23.6 Å². The monoisotopic (exact) mass is 441 g/mol. The normalized spacial score (nSPS) is 18.8. The Morgan fingerprint density at radius 3 is 2.34 bits per heavy atom. The molecule has 1 saturated heterocycles. The Morgan fingerprint density at radius 2 is 1.66 bits per heavy atom. The van der Waals surface area contributed by atoms with Gasteiger partial charge in [0.2, 0.25) is 17.7 Å². The van der Waals surface area contributed by atoms with Gasteiger partial charge in [-0.15, -0.1) is 0 Å². The van der Waals surface area contributed by atoms with Gasteiger partial charge in [-0.1, -0.05) is 42.5 Å². The average Bonchev–Trinajstić information content (AvgIpc) is 2.77. The molecule has 32 heavy (non-hydrogen) atoms. The van der Waals surface area contributed by atoms with Crippen LogP contribution in [0.3, 0.4) is 0 Å². The molecule has 168 valence electrons.